The van der Waals surface area contributed by atoms with Crippen LogP contribution in [0, 0.1) is 13.8 Å². The van der Waals surface area contributed by atoms with Crippen molar-refractivity contribution in [2.24, 2.45) is 0 Å². The van der Waals surface area contributed by atoms with Crippen LogP contribution >= 0.6 is 0 Å². The predicted molar refractivity (Wildman–Crippen MR) is 125 cm³/mol. The van der Waals surface area contributed by atoms with Crippen LogP contribution in [0.2, 0.25) is 0 Å². The molecule has 33 heavy (non-hydrogen) atoms. The summed E-state index contributed by atoms with van der Waals surface area (Å²) in [5.41, 5.74) is 1.60. The van der Waals surface area contributed by atoms with Gasteiger partial charge in [0.2, 0.25) is 0 Å². The number of hydrogen-bond acceptors (Lipinski definition) is 6. The highest BCUT2D eigenvalue weighted by Crippen LogP contribution is 2.24. The lowest BCUT2D eigenvalue weighted by Gasteiger charge is -2.17. The van der Waals surface area contributed by atoms with Crippen molar-refractivity contribution in [3.05, 3.63) is 97.8 Å². The van der Waals surface area contributed by atoms with Gasteiger partial charge in [0.25, 0.3) is 5.56 Å². The molecule has 8 nitrogen and oxygen atoms in total. The summed E-state index contributed by atoms with van der Waals surface area (Å²) in [6, 6.07) is 15.9. The SMILES string of the molecule is COC(=O)c1cc(C)nc2c1c(=O)n(Cc1ccc(C)cc1)c(=O)n2-c1ccccc1OC. The van der Waals surface area contributed by atoms with Gasteiger partial charge in [0.05, 0.1) is 37.4 Å². The Morgan fingerprint density at radius 3 is 2.36 bits per heavy atom. The van der Waals surface area contributed by atoms with Gasteiger partial charge in [-0.3, -0.25) is 9.36 Å². The predicted octanol–water partition coefficient (Wildman–Crippen LogP) is 3.01. The van der Waals surface area contributed by atoms with Crippen molar-refractivity contribution in [3.63, 3.8) is 0 Å². The van der Waals surface area contributed by atoms with Gasteiger partial charge in [-0.25, -0.2) is 19.1 Å². The minimum atomic E-state index is -0.685. The molecule has 168 valence electrons. The van der Waals surface area contributed by atoms with E-state index in [4.69, 9.17) is 9.47 Å². The Bertz CT molecular complexity index is 1480. The molecule has 0 saturated carbocycles. The largest absolute Gasteiger partial charge is 0.495 e. The van der Waals surface area contributed by atoms with Crippen LogP contribution in [0.4, 0.5) is 0 Å². The van der Waals surface area contributed by atoms with Crippen molar-refractivity contribution in [3.8, 4) is 11.4 Å². The fraction of sp³-hybridized carbons (Fsp3) is 0.200. The zero-order valence-corrected chi connectivity index (χ0v) is 18.8. The normalized spacial score (nSPS) is 10.9. The second-order valence-corrected chi connectivity index (χ2v) is 7.67. The second-order valence-electron chi connectivity index (χ2n) is 7.67. The Hall–Kier alpha value is -4.20. The number of ether oxygens (including phenoxy) is 2. The van der Waals surface area contributed by atoms with Crippen LogP contribution in [-0.2, 0) is 11.3 Å². The van der Waals surface area contributed by atoms with Gasteiger partial charge in [-0.05, 0) is 37.6 Å². The number of rotatable bonds is 5. The summed E-state index contributed by atoms with van der Waals surface area (Å²) in [4.78, 5) is 44.4. The molecule has 0 saturated heterocycles. The molecular weight excluding hydrogens is 422 g/mol. The lowest BCUT2D eigenvalue weighted by Crippen LogP contribution is -2.41. The molecule has 8 heteroatoms. The molecule has 0 fully saturated rings. The molecule has 2 aromatic carbocycles. The van der Waals surface area contributed by atoms with E-state index in [1.54, 1.807) is 31.2 Å². The summed E-state index contributed by atoms with van der Waals surface area (Å²) in [7, 11) is 2.73. The summed E-state index contributed by atoms with van der Waals surface area (Å²) in [5, 5.41) is 0.00469. The number of nitrogens with zero attached hydrogens (tertiary/aromatic N) is 3. The van der Waals surface area contributed by atoms with Gasteiger partial charge in [0, 0.05) is 5.69 Å². The van der Waals surface area contributed by atoms with E-state index in [-0.39, 0.29) is 23.1 Å². The standard InChI is InChI=1S/C25H23N3O5/c1-15-9-11-17(12-10-15)14-27-23(29)21-18(24(30)33-4)13-16(2)26-22(21)28(25(27)31)19-7-5-6-8-20(19)32-3/h5-13H,14H2,1-4H3. The Labute approximate surface area is 189 Å². The Morgan fingerprint density at radius 1 is 1.00 bits per heavy atom. The zero-order chi connectivity index (χ0) is 23.7. The average Bonchev–Trinajstić information content (AvgIpc) is 2.82. The topological polar surface area (TPSA) is 92.4 Å². The minimum absolute atomic E-state index is 0.00469. The number of benzene rings is 2. The molecule has 0 bridgehead atoms. The van der Waals surface area contributed by atoms with E-state index in [2.05, 4.69) is 4.98 Å². The van der Waals surface area contributed by atoms with E-state index in [0.717, 1.165) is 15.7 Å². The molecule has 2 aromatic heterocycles. The number of carbonyl (C=O) groups excluding carboxylic acids is 1. The number of esters is 1. The first kappa shape index (κ1) is 22.0. The van der Waals surface area contributed by atoms with Crippen molar-refractivity contribution in [1.82, 2.24) is 14.1 Å². The summed E-state index contributed by atoms with van der Waals surface area (Å²) < 4.78 is 12.8. The highest BCUT2D eigenvalue weighted by Gasteiger charge is 2.24. The van der Waals surface area contributed by atoms with Crippen molar-refractivity contribution in [1.29, 1.82) is 0 Å². The van der Waals surface area contributed by atoms with Gasteiger partial charge in [0.1, 0.15) is 5.75 Å². The summed E-state index contributed by atoms with van der Waals surface area (Å²) in [6.07, 6.45) is 0. The summed E-state index contributed by atoms with van der Waals surface area (Å²) >= 11 is 0. The fourth-order valence-corrected chi connectivity index (χ4v) is 3.78. The molecule has 0 amide bonds. The third-order valence-electron chi connectivity index (χ3n) is 5.41. The number of hydrogen-bond donors (Lipinski definition) is 0. The van der Waals surface area contributed by atoms with Crippen molar-refractivity contribution in [2.75, 3.05) is 14.2 Å². The van der Waals surface area contributed by atoms with Gasteiger partial charge >= 0.3 is 11.7 Å². The van der Waals surface area contributed by atoms with Crippen LogP contribution in [0.1, 0.15) is 27.2 Å². The fourth-order valence-electron chi connectivity index (χ4n) is 3.78. The number of para-hydroxylation sites is 2. The molecule has 0 aliphatic heterocycles. The lowest BCUT2D eigenvalue weighted by atomic mass is 10.1. The summed E-state index contributed by atoms with van der Waals surface area (Å²) in [6.45, 7) is 3.66. The van der Waals surface area contributed by atoms with Crippen molar-refractivity contribution < 1.29 is 14.3 Å². The molecular formula is C25H23N3O5. The quantitative estimate of drug-likeness (QED) is 0.439. The van der Waals surface area contributed by atoms with Crippen LogP contribution in [-0.4, -0.2) is 34.3 Å². The molecule has 4 aromatic rings. The number of carbonyl (C=O) groups is 1. The molecule has 0 N–H and O–H groups in total. The summed E-state index contributed by atoms with van der Waals surface area (Å²) in [5.74, 6) is -0.265. The first-order chi connectivity index (χ1) is 15.8. The van der Waals surface area contributed by atoms with Crippen LogP contribution in [0.15, 0.2) is 64.2 Å². The number of aromatic nitrogens is 3. The number of methoxy groups -OCH3 is 2. The van der Waals surface area contributed by atoms with E-state index in [0.29, 0.717) is 17.1 Å². The van der Waals surface area contributed by atoms with Gasteiger partial charge in [-0.1, -0.05) is 42.0 Å². The molecule has 2 heterocycles. The molecule has 0 unspecified atom stereocenters. The Kier molecular flexibility index (Phi) is 5.83. The van der Waals surface area contributed by atoms with Gasteiger partial charge in [-0.15, -0.1) is 0 Å². The third-order valence-corrected chi connectivity index (χ3v) is 5.41. The maximum atomic E-state index is 13.7. The van der Waals surface area contributed by atoms with Crippen LogP contribution < -0.4 is 16.0 Å². The molecule has 0 spiro atoms. The van der Waals surface area contributed by atoms with Crippen molar-refractivity contribution >= 4 is 17.0 Å². The third kappa shape index (κ3) is 3.91. The van der Waals surface area contributed by atoms with Gasteiger partial charge in [0.15, 0.2) is 5.65 Å². The number of fused-ring (bicyclic) bond motifs is 1. The maximum absolute atomic E-state index is 13.7. The van der Waals surface area contributed by atoms with Gasteiger partial charge < -0.3 is 9.47 Å². The Balaban J connectivity index is 2.16. The molecule has 0 aliphatic rings. The molecule has 0 atom stereocenters. The molecule has 4 rings (SSSR count). The highest BCUT2D eigenvalue weighted by molar-refractivity contribution is 6.02. The highest BCUT2D eigenvalue weighted by atomic mass is 16.5. The lowest BCUT2D eigenvalue weighted by molar-refractivity contribution is 0.0602. The maximum Gasteiger partial charge on any atom is 0.338 e. The van der Waals surface area contributed by atoms with E-state index >= 15 is 0 Å². The number of aryl methyl sites for hydroxylation is 2. The van der Waals surface area contributed by atoms with Crippen LogP contribution in [0.25, 0.3) is 16.7 Å². The zero-order valence-electron chi connectivity index (χ0n) is 18.8. The van der Waals surface area contributed by atoms with Crippen LogP contribution in [0.3, 0.4) is 0 Å². The second kappa shape index (κ2) is 8.74. The van der Waals surface area contributed by atoms with Gasteiger partial charge in [-0.2, -0.15) is 0 Å². The Morgan fingerprint density at radius 2 is 1.70 bits per heavy atom. The molecule has 0 aliphatic carbocycles. The first-order valence-corrected chi connectivity index (χ1v) is 10.3. The van der Waals surface area contributed by atoms with E-state index in [1.807, 2.05) is 31.2 Å². The monoisotopic (exact) mass is 445 g/mol. The smallest absolute Gasteiger partial charge is 0.338 e. The van der Waals surface area contributed by atoms with Crippen molar-refractivity contribution in [2.45, 2.75) is 20.4 Å². The minimum Gasteiger partial charge on any atom is -0.495 e. The van der Waals surface area contributed by atoms with E-state index in [1.165, 1.54) is 24.9 Å². The van der Waals surface area contributed by atoms with E-state index < -0.39 is 17.2 Å². The van der Waals surface area contributed by atoms with Crippen LogP contribution in [0.5, 0.6) is 5.75 Å². The number of pyridine rings is 1. The van der Waals surface area contributed by atoms with E-state index in [9.17, 15) is 14.4 Å². The average molecular weight is 445 g/mol. The molecule has 0 radical (unpaired) electrons. The first-order valence-electron chi connectivity index (χ1n) is 10.3.